The molecule has 0 saturated carbocycles. The van der Waals surface area contributed by atoms with Crippen molar-refractivity contribution in [3.8, 4) is 0 Å². The van der Waals surface area contributed by atoms with Crippen LogP contribution < -0.4 is 4.90 Å². The van der Waals surface area contributed by atoms with Gasteiger partial charge in [-0.3, -0.25) is 9.69 Å². The Labute approximate surface area is 123 Å². The maximum absolute atomic E-state index is 11.4. The zero-order valence-corrected chi connectivity index (χ0v) is 13.5. The fraction of sp³-hybridized carbons (Fsp3) is 0.467. The minimum absolute atomic E-state index is 0.281. The number of carboxylic acid groups (broad SMARTS) is 1. The molecule has 0 fully saturated rings. The van der Waals surface area contributed by atoms with E-state index in [1.165, 1.54) is 37.8 Å². The van der Waals surface area contributed by atoms with E-state index in [-0.39, 0.29) is 5.91 Å². The van der Waals surface area contributed by atoms with Gasteiger partial charge in [-0.05, 0) is 25.2 Å². The molecule has 5 heteroatoms. The lowest BCUT2D eigenvalue weighted by Crippen LogP contribution is -2.42. The molecule has 0 bridgehead atoms. The predicted octanol–water partition coefficient (Wildman–Crippen LogP) is 3.17. The van der Waals surface area contributed by atoms with Crippen LogP contribution in [0, 0.1) is 0 Å². The lowest BCUT2D eigenvalue weighted by Gasteiger charge is -2.25. The Balaban J connectivity index is 0.000000621. The normalized spacial score (nSPS) is 11.0. The number of hydrogen-bond donors (Lipinski definition) is 1. The SMILES string of the molecule is CC(=O)N(c1ccccc1)C(C)C(=O)O.CCCCP. The number of nitrogens with zero attached hydrogens (tertiary/aromatic N) is 1. The Kier molecular flexibility index (Phi) is 9.65. The van der Waals surface area contributed by atoms with Crippen LogP contribution in [0.25, 0.3) is 0 Å². The summed E-state index contributed by atoms with van der Waals surface area (Å²) in [7, 11) is 2.70. The van der Waals surface area contributed by atoms with Gasteiger partial charge in [0.15, 0.2) is 0 Å². The highest BCUT2D eigenvalue weighted by molar-refractivity contribution is 7.16. The minimum Gasteiger partial charge on any atom is -0.480 e. The van der Waals surface area contributed by atoms with Crippen molar-refractivity contribution in [2.45, 2.75) is 39.7 Å². The summed E-state index contributed by atoms with van der Waals surface area (Å²) in [5, 5.41) is 8.87. The van der Waals surface area contributed by atoms with Crippen molar-refractivity contribution >= 4 is 26.8 Å². The van der Waals surface area contributed by atoms with E-state index >= 15 is 0 Å². The number of unbranched alkanes of at least 4 members (excludes halogenated alkanes) is 1. The average molecular weight is 297 g/mol. The van der Waals surface area contributed by atoms with E-state index in [9.17, 15) is 9.59 Å². The molecule has 0 aromatic heterocycles. The zero-order valence-electron chi connectivity index (χ0n) is 12.4. The molecule has 20 heavy (non-hydrogen) atoms. The van der Waals surface area contributed by atoms with E-state index in [1.807, 2.05) is 6.07 Å². The van der Waals surface area contributed by atoms with Crippen molar-refractivity contribution in [3.05, 3.63) is 30.3 Å². The number of carbonyl (C=O) groups excluding carboxylic acids is 1. The van der Waals surface area contributed by atoms with Gasteiger partial charge in [0.1, 0.15) is 6.04 Å². The summed E-state index contributed by atoms with van der Waals surface area (Å²) in [6.07, 6.45) is 3.94. The molecule has 1 amide bonds. The molecule has 0 aliphatic carbocycles. The number of anilines is 1. The number of carbonyl (C=O) groups is 2. The van der Waals surface area contributed by atoms with E-state index in [2.05, 4.69) is 16.2 Å². The molecule has 112 valence electrons. The van der Waals surface area contributed by atoms with Gasteiger partial charge in [-0.25, -0.2) is 4.79 Å². The Hall–Kier alpha value is -1.41. The van der Waals surface area contributed by atoms with Gasteiger partial charge in [0, 0.05) is 12.6 Å². The number of carboxylic acids is 1. The third-order valence-electron chi connectivity index (χ3n) is 2.68. The average Bonchev–Trinajstić information content (AvgIpc) is 2.41. The molecule has 2 atom stereocenters. The van der Waals surface area contributed by atoms with Gasteiger partial charge in [0.2, 0.25) is 5.91 Å². The molecule has 2 unspecified atom stereocenters. The van der Waals surface area contributed by atoms with Crippen molar-refractivity contribution in [2.24, 2.45) is 0 Å². The highest BCUT2D eigenvalue weighted by Crippen LogP contribution is 2.16. The number of para-hydroxylation sites is 1. The monoisotopic (exact) mass is 297 g/mol. The van der Waals surface area contributed by atoms with Crippen LogP contribution in [0.15, 0.2) is 30.3 Å². The van der Waals surface area contributed by atoms with Crippen LogP contribution in [-0.4, -0.2) is 29.2 Å². The van der Waals surface area contributed by atoms with E-state index in [0.717, 1.165) is 0 Å². The fourth-order valence-corrected chi connectivity index (χ4v) is 1.99. The first-order chi connectivity index (χ1) is 9.45. The van der Waals surface area contributed by atoms with E-state index in [0.29, 0.717) is 5.69 Å². The lowest BCUT2D eigenvalue weighted by atomic mass is 10.2. The summed E-state index contributed by atoms with van der Waals surface area (Å²) in [6.45, 7) is 5.03. The molecule has 4 nitrogen and oxygen atoms in total. The predicted molar refractivity (Wildman–Crippen MR) is 86.2 cm³/mol. The first-order valence-electron chi connectivity index (χ1n) is 6.73. The zero-order chi connectivity index (χ0) is 15.5. The van der Waals surface area contributed by atoms with E-state index < -0.39 is 12.0 Å². The molecule has 1 aromatic carbocycles. The van der Waals surface area contributed by atoms with Gasteiger partial charge in [-0.2, -0.15) is 0 Å². The second-order valence-corrected chi connectivity index (χ2v) is 4.96. The van der Waals surface area contributed by atoms with Crippen molar-refractivity contribution in [1.82, 2.24) is 0 Å². The lowest BCUT2D eigenvalue weighted by molar-refractivity contribution is -0.139. The molecule has 1 aromatic rings. The third-order valence-corrected chi connectivity index (χ3v) is 3.08. The molecule has 0 radical (unpaired) electrons. The van der Waals surface area contributed by atoms with E-state index in [1.54, 1.807) is 24.3 Å². The number of hydrogen-bond acceptors (Lipinski definition) is 2. The van der Waals surface area contributed by atoms with Crippen LogP contribution in [0.3, 0.4) is 0 Å². The van der Waals surface area contributed by atoms with Crippen molar-refractivity contribution in [1.29, 1.82) is 0 Å². The van der Waals surface area contributed by atoms with Gasteiger partial charge >= 0.3 is 5.97 Å². The van der Waals surface area contributed by atoms with Crippen LogP contribution in [0.2, 0.25) is 0 Å². The van der Waals surface area contributed by atoms with Gasteiger partial charge < -0.3 is 5.11 Å². The summed E-state index contributed by atoms with van der Waals surface area (Å²) in [6, 6.07) is 7.90. The van der Waals surface area contributed by atoms with Crippen molar-refractivity contribution in [2.75, 3.05) is 11.1 Å². The number of aliphatic carboxylic acids is 1. The van der Waals surface area contributed by atoms with E-state index in [4.69, 9.17) is 5.11 Å². The second-order valence-electron chi connectivity index (χ2n) is 4.38. The number of rotatable bonds is 5. The van der Waals surface area contributed by atoms with Crippen LogP contribution in [0.5, 0.6) is 0 Å². The van der Waals surface area contributed by atoms with Crippen LogP contribution >= 0.6 is 9.24 Å². The van der Waals surface area contributed by atoms with Crippen LogP contribution in [0.4, 0.5) is 5.69 Å². The molecule has 1 N–H and O–H groups in total. The first kappa shape index (κ1) is 18.6. The maximum atomic E-state index is 11.4. The second kappa shape index (κ2) is 10.4. The van der Waals surface area contributed by atoms with Gasteiger partial charge in [-0.1, -0.05) is 38.0 Å². The summed E-state index contributed by atoms with van der Waals surface area (Å²) in [4.78, 5) is 23.4. The summed E-state index contributed by atoms with van der Waals surface area (Å²) in [5.41, 5.74) is 0.597. The smallest absolute Gasteiger partial charge is 0.326 e. The highest BCUT2D eigenvalue weighted by atomic mass is 31.0. The molecule has 0 heterocycles. The topological polar surface area (TPSA) is 57.6 Å². The highest BCUT2D eigenvalue weighted by Gasteiger charge is 2.23. The van der Waals surface area contributed by atoms with Gasteiger partial charge in [-0.15, -0.1) is 9.24 Å². The molecule has 1 rings (SSSR count). The number of amides is 1. The van der Waals surface area contributed by atoms with Gasteiger partial charge in [0.05, 0.1) is 0 Å². The van der Waals surface area contributed by atoms with Crippen LogP contribution in [0.1, 0.15) is 33.6 Å². The Morgan fingerprint density at radius 2 is 1.85 bits per heavy atom. The standard InChI is InChI=1S/C11H13NO3.C4H11P/c1-8(11(14)15)12(9(2)13)10-6-4-3-5-7-10;1-2-3-4-5/h3-8H,1-2H3,(H,14,15);2-5H2,1H3. The Bertz CT molecular complexity index is 407. The maximum Gasteiger partial charge on any atom is 0.326 e. The van der Waals surface area contributed by atoms with Crippen molar-refractivity contribution < 1.29 is 14.7 Å². The molecule has 0 aliphatic rings. The summed E-state index contributed by atoms with van der Waals surface area (Å²) in [5.74, 6) is -1.30. The molecule has 0 saturated heterocycles. The van der Waals surface area contributed by atoms with Crippen molar-refractivity contribution in [3.63, 3.8) is 0 Å². The number of benzene rings is 1. The minimum atomic E-state index is -1.02. The van der Waals surface area contributed by atoms with Gasteiger partial charge in [0.25, 0.3) is 0 Å². The Morgan fingerprint density at radius 1 is 1.30 bits per heavy atom. The molecule has 0 spiro atoms. The third kappa shape index (κ3) is 6.67. The fourth-order valence-electron chi connectivity index (χ4n) is 1.58. The summed E-state index contributed by atoms with van der Waals surface area (Å²) < 4.78 is 0. The van der Waals surface area contributed by atoms with Crippen LogP contribution in [-0.2, 0) is 9.59 Å². The summed E-state index contributed by atoms with van der Waals surface area (Å²) >= 11 is 0. The molecular weight excluding hydrogens is 273 g/mol. The molecule has 0 aliphatic heterocycles. The largest absolute Gasteiger partial charge is 0.480 e. The first-order valence-corrected chi connectivity index (χ1v) is 7.55. The quantitative estimate of drug-likeness (QED) is 0.849. The molecular formula is C15H24NO3P. The Morgan fingerprint density at radius 3 is 2.15 bits per heavy atom.